The zero-order valence-corrected chi connectivity index (χ0v) is 14.5. The Hall–Kier alpha value is -2.08. The van der Waals surface area contributed by atoms with Crippen molar-refractivity contribution in [3.8, 4) is 0 Å². The van der Waals surface area contributed by atoms with Crippen molar-refractivity contribution in [3.05, 3.63) is 24.5 Å². The summed E-state index contributed by atoms with van der Waals surface area (Å²) in [5.74, 6) is 0.606. The first kappa shape index (κ1) is 16.8. The van der Waals surface area contributed by atoms with Crippen LogP contribution < -0.4 is 5.32 Å². The number of aryl methyl sites for hydroxylation is 1. The molecular formula is C18H26N4O2. The minimum Gasteiger partial charge on any atom is -0.494 e. The summed E-state index contributed by atoms with van der Waals surface area (Å²) < 4.78 is 7.49. The average Bonchev–Trinajstić information content (AvgIpc) is 2.99. The number of ether oxygens (including phenoxy) is 1. The number of hydrogen-bond donors (Lipinski definition) is 2. The monoisotopic (exact) mass is 330 g/mol. The highest BCUT2D eigenvalue weighted by Gasteiger charge is 2.23. The van der Waals surface area contributed by atoms with Crippen molar-refractivity contribution in [1.82, 2.24) is 14.8 Å². The molecular weight excluding hydrogens is 304 g/mol. The van der Waals surface area contributed by atoms with E-state index in [9.17, 15) is 5.11 Å². The van der Waals surface area contributed by atoms with E-state index in [4.69, 9.17) is 4.74 Å². The van der Waals surface area contributed by atoms with Crippen molar-refractivity contribution in [2.24, 2.45) is 0 Å². The molecule has 2 heterocycles. The molecule has 2 atom stereocenters. The van der Waals surface area contributed by atoms with Crippen LogP contribution in [0.25, 0.3) is 16.8 Å². The maximum Gasteiger partial charge on any atom is 0.159 e. The second kappa shape index (κ2) is 7.21. The third-order valence-corrected chi connectivity index (χ3v) is 4.58. The lowest BCUT2D eigenvalue weighted by Gasteiger charge is -2.28. The van der Waals surface area contributed by atoms with E-state index in [1.807, 2.05) is 24.7 Å². The summed E-state index contributed by atoms with van der Waals surface area (Å²) >= 11 is 0. The van der Waals surface area contributed by atoms with E-state index in [-0.39, 0.29) is 12.1 Å². The Morgan fingerprint density at radius 2 is 2.25 bits per heavy atom. The summed E-state index contributed by atoms with van der Waals surface area (Å²) in [6.07, 6.45) is 7.13. The molecule has 3 rings (SSSR count). The fourth-order valence-electron chi connectivity index (χ4n) is 3.38. The summed E-state index contributed by atoms with van der Waals surface area (Å²) in [6.45, 7) is 9.36. The Bertz CT molecular complexity index is 725. The van der Waals surface area contributed by atoms with E-state index >= 15 is 0 Å². The number of aliphatic hydroxyl groups is 1. The molecule has 0 amide bonds. The van der Waals surface area contributed by atoms with Gasteiger partial charge in [0.25, 0.3) is 0 Å². The topological polar surface area (TPSA) is 72.2 Å². The summed E-state index contributed by atoms with van der Waals surface area (Å²) in [4.78, 5) is 4.55. The number of hydrogen-bond acceptors (Lipinski definition) is 5. The van der Waals surface area contributed by atoms with Crippen molar-refractivity contribution in [2.75, 3.05) is 11.9 Å². The number of aromatic nitrogens is 3. The predicted molar refractivity (Wildman–Crippen MR) is 95.7 cm³/mol. The van der Waals surface area contributed by atoms with Crippen LogP contribution in [0.2, 0.25) is 0 Å². The number of fused-ring (bicyclic) bond motifs is 1. The summed E-state index contributed by atoms with van der Waals surface area (Å²) in [6, 6.07) is 0.234. The quantitative estimate of drug-likeness (QED) is 0.796. The summed E-state index contributed by atoms with van der Waals surface area (Å²) in [7, 11) is 0. The van der Waals surface area contributed by atoms with Crippen molar-refractivity contribution >= 4 is 22.5 Å². The Morgan fingerprint density at radius 1 is 1.42 bits per heavy atom. The van der Waals surface area contributed by atoms with Crippen molar-refractivity contribution in [2.45, 2.75) is 58.2 Å². The molecule has 0 saturated heterocycles. The van der Waals surface area contributed by atoms with Gasteiger partial charge in [-0.25, -0.2) is 9.67 Å². The van der Waals surface area contributed by atoms with Gasteiger partial charge >= 0.3 is 0 Å². The van der Waals surface area contributed by atoms with Gasteiger partial charge in [0, 0.05) is 18.8 Å². The second-order valence-corrected chi connectivity index (χ2v) is 6.26. The summed E-state index contributed by atoms with van der Waals surface area (Å²) in [5.41, 5.74) is 2.67. The highest BCUT2D eigenvalue weighted by molar-refractivity contribution is 5.94. The molecule has 0 spiro atoms. The number of nitrogens with zero attached hydrogens (tertiary/aromatic N) is 3. The van der Waals surface area contributed by atoms with Gasteiger partial charge in [-0.1, -0.05) is 6.58 Å². The number of pyridine rings is 1. The molecule has 6 heteroatoms. The lowest BCUT2D eigenvalue weighted by atomic mass is 9.92. The average molecular weight is 330 g/mol. The maximum absolute atomic E-state index is 9.96. The molecule has 0 aliphatic heterocycles. The van der Waals surface area contributed by atoms with E-state index in [1.165, 1.54) is 0 Å². The van der Waals surface area contributed by atoms with E-state index in [2.05, 4.69) is 22.0 Å². The van der Waals surface area contributed by atoms with Crippen LogP contribution in [0, 0.1) is 0 Å². The van der Waals surface area contributed by atoms with Crippen LogP contribution in [0.1, 0.15) is 45.1 Å². The third-order valence-electron chi connectivity index (χ3n) is 4.58. The number of anilines is 1. The van der Waals surface area contributed by atoms with Crippen LogP contribution in [0.4, 0.5) is 5.69 Å². The molecule has 0 unspecified atom stereocenters. The van der Waals surface area contributed by atoms with Gasteiger partial charge in [-0.15, -0.1) is 0 Å². The Kier molecular flexibility index (Phi) is 5.04. The fourth-order valence-corrected chi connectivity index (χ4v) is 3.38. The van der Waals surface area contributed by atoms with Gasteiger partial charge < -0.3 is 15.2 Å². The first-order valence-corrected chi connectivity index (χ1v) is 8.75. The van der Waals surface area contributed by atoms with Gasteiger partial charge in [-0.2, -0.15) is 5.10 Å². The van der Waals surface area contributed by atoms with Gasteiger partial charge in [-0.05, 0) is 39.5 Å². The molecule has 2 N–H and O–H groups in total. The molecule has 2 aromatic rings. The zero-order chi connectivity index (χ0) is 17.1. The van der Waals surface area contributed by atoms with Gasteiger partial charge in [0.05, 0.1) is 35.5 Å². The third kappa shape index (κ3) is 3.24. The van der Waals surface area contributed by atoms with Crippen LogP contribution in [0.5, 0.6) is 0 Å². The molecule has 0 bridgehead atoms. The normalized spacial score (nSPS) is 21.0. The standard InChI is InChI=1S/C18H26N4O2/c1-4-22-18-16(11-20-22)17(15(10-19-18)12(3)24-5-2)21-13-7-6-8-14(23)9-13/h10-11,13-14,23H,3-9H2,1-2H3,(H,19,21)/t13-,14+/m0/s1. The van der Waals surface area contributed by atoms with Gasteiger partial charge in [-0.3, -0.25) is 0 Å². The molecule has 1 saturated carbocycles. The number of nitrogens with one attached hydrogen (secondary N) is 1. The molecule has 0 aromatic carbocycles. The van der Waals surface area contributed by atoms with Gasteiger partial charge in [0.2, 0.25) is 0 Å². The Labute approximate surface area is 142 Å². The minimum absolute atomic E-state index is 0.231. The smallest absolute Gasteiger partial charge is 0.159 e. The van der Waals surface area contributed by atoms with Crippen LogP contribution in [-0.2, 0) is 11.3 Å². The summed E-state index contributed by atoms with van der Waals surface area (Å²) in [5, 5.41) is 19.0. The Morgan fingerprint density at radius 3 is 2.96 bits per heavy atom. The lowest BCUT2D eigenvalue weighted by Crippen LogP contribution is -2.30. The van der Waals surface area contributed by atoms with Crippen LogP contribution >= 0.6 is 0 Å². The van der Waals surface area contributed by atoms with Crippen LogP contribution in [-0.4, -0.2) is 38.6 Å². The van der Waals surface area contributed by atoms with E-state index < -0.39 is 0 Å². The first-order valence-electron chi connectivity index (χ1n) is 8.75. The highest BCUT2D eigenvalue weighted by atomic mass is 16.5. The Balaban J connectivity index is 2.01. The predicted octanol–water partition coefficient (Wildman–Crippen LogP) is 3.17. The van der Waals surface area contributed by atoms with E-state index in [1.54, 1.807) is 6.20 Å². The van der Waals surface area contributed by atoms with Crippen molar-refractivity contribution in [3.63, 3.8) is 0 Å². The SMILES string of the molecule is C=C(OCC)c1cnc2c(cnn2CC)c1N[C@H]1CCC[C@@H](O)C1. The lowest BCUT2D eigenvalue weighted by molar-refractivity contribution is 0.124. The van der Waals surface area contributed by atoms with Gasteiger partial charge in [0.1, 0.15) is 5.76 Å². The highest BCUT2D eigenvalue weighted by Crippen LogP contribution is 2.33. The molecule has 6 nitrogen and oxygen atoms in total. The maximum atomic E-state index is 9.96. The first-order chi connectivity index (χ1) is 11.6. The van der Waals surface area contributed by atoms with Crippen LogP contribution in [0.15, 0.2) is 19.0 Å². The molecule has 1 aliphatic carbocycles. The largest absolute Gasteiger partial charge is 0.494 e. The number of rotatable bonds is 6. The molecule has 2 aromatic heterocycles. The van der Waals surface area contributed by atoms with E-state index in [0.717, 1.165) is 54.5 Å². The van der Waals surface area contributed by atoms with E-state index in [0.29, 0.717) is 12.4 Å². The molecule has 1 aliphatic rings. The van der Waals surface area contributed by atoms with Gasteiger partial charge in [0.15, 0.2) is 5.65 Å². The molecule has 130 valence electrons. The minimum atomic E-state index is -0.231. The van der Waals surface area contributed by atoms with Crippen molar-refractivity contribution in [1.29, 1.82) is 0 Å². The van der Waals surface area contributed by atoms with Crippen molar-refractivity contribution < 1.29 is 9.84 Å². The molecule has 0 radical (unpaired) electrons. The molecule has 24 heavy (non-hydrogen) atoms. The fraction of sp³-hybridized carbons (Fsp3) is 0.556. The number of aliphatic hydroxyl groups excluding tert-OH is 1. The van der Waals surface area contributed by atoms with Crippen LogP contribution in [0.3, 0.4) is 0 Å². The second-order valence-electron chi connectivity index (χ2n) is 6.26. The zero-order valence-electron chi connectivity index (χ0n) is 14.5. The molecule has 1 fully saturated rings.